The molecule has 10 heteroatoms. The molecule has 148 valence electrons. The number of hydrogen-bond donors (Lipinski definition) is 1. The Morgan fingerprint density at radius 3 is 2.69 bits per heavy atom. The lowest BCUT2D eigenvalue weighted by Crippen LogP contribution is -2.57. The van der Waals surface area contributed by atoms with Gasteiger partial charge in [0.05, 0.1) is 10.5 Å². The number of sulfone groups is 1. The molecule has 1 aromatic heterocycles. The molecule has 0 atom stereocenters. The first-order valence-corrected chi connectivity index (χ1v) is 10.4. The highest BCUT2D eigenvalue weighted by Crippen LogP contribution is 2.23. The molecule has 1 aliphatic heterocycles. The van der Waals surface area contributed by atoms with E-state index in [9.17, 15) is 8.42 Å². The van der Waals surface area contributed by atoms with E-state index in [1.165, 1.54) is 0 Å². The molecule has 1 aliphatic rings. The van der Waals surface area contributed by atoms with Crippen LogP contribution in [0, 0.1) is 6.92 Å². The Kier molecular flexibility index (Phi) is 6.62. The van der Waals surface area contributed by atoms with Gasteiger partial charge in [-0.1, -0.05) is 0 Å². The van der Waals surface area contributed by atoms with Crippen LogP contribution >= 0.6 is 0 Å². The Hall–Kier alpha value is -1.68. The van der Waals surface area contributed by atoms with Gasteiger partial charge < -0.3 is 19.5 Å². The van der Waals surface area contributed by atoms with Crippen molar-refractivity contribution in [3.63, 3.8) is 0 Å². The standard InChI is InChI=1S/C16H30N6O3S/c1-13-19-20-14(21(13)4)11-18-15(17-7-6-9-25-5)22-8-10-26(23,24)16(2,3)12-22/h6-12H2,1-5H3,(H,17,18). The normalized spacial score (nSPS) is 19.6. The molecule has 0 bridgehead atoms. The summed E-state index contributed by atoms with van der Waals surface area (Å²) in [6, 6.07) is 0. The second-order valence-electron chi connectivity index (χ2n) is 7.14. The van der Waals surface area contributed by atoms with Crippen LogP contribution < -0.4 is 5.32 Å². The van der Waals surface area contributed by atoms with Crippen LogP contribution in [-0.2, 0) is 28.2 Å². The van der Waals surface area contributed by atoms with E-state index in [1.807, 2.05) is 23.4 Å². The first kappa shape index (κ1) is 20.6. The van der Waals surface area contributed by atoms with Crippen molar-refractivity contribution in [2.75, 3.05) is 39.1 Å². The maximum absolute atomic E-state index is 12.3. The van der Waals surface area contributed by atoms with Crippen molar-refractivity contribution in [3.8, 4) is 0 Å². The zero-order valence-electron chi connectivity index (χ0n) is 16.3. The van der Waals surface area contributed by atoms with E-state index >= 15 is 0 Å². The second-order valence-corrected chi connectivity index (χ2v) is 9.88. The largest absolute Gasteiger partial charge is 0.385 e. The van der Waals surface area contributed by atoms with Gasteiger partial charge in [-0.15, -0.1) is 10.2 Å². The smallest absolute Gasteiger partial charge is 0.194 e. The zero-order valence-corrected chi connectivity index (χ0v) is 17.1. The lowest BCUT2D eigenvalue weighted by Gasteiger charge is -2.39. The van der Waals surface area contributed by atoms with Gasteiger partial charge in [0, 0.05) is 40.4 Å². The van der Waals surface area contributed by atoms with Gasteiger partial charge in [-0.3, -0.25) is 0 Å². The van der Waals surface area contributed by atoms with E-state index in [0.717, 1.165) is 18.1 Å². The number of hydrogen-bond acceptors (Lipinski definition) is 6. The lowest BCUT2D eigenvalue weighted by atomic mass is 10.2. The molecule has 26 heavy (non-hydrogen) atoms. The fourth-order valence-electron chi connectivity index (χ4n) is 2.74. The predicted octanol–water partition coefficient (Wildman–Crippen LogP) is 0.115. The minimum absolute atomic E-state index is 0.127. The van der Waals surface area contributed by atoms with Gasteiger partial charge in [-0.2, -0.15) is 0 Å². The second kappa shape index (κ2) is 8.34. The summed E-state index contributed by atoms with van der Waals surface area (Å²) >= 11 is 0. The highest BCUT2D eigenvalue weighted by Gasteiger charge is 2.41. The van der Waals surface area contributed by atoms with Crippen molar-refractivity contribution < 1.29 is 13.2 Å². The van der Waals surface area contributed by atoms with Crippen LogP contribution in [0.15, 0.2) is 4.99 Å². The highest BCUT2D eigenvalue weighted by molar-refractivity contribution is 7.92. The average Bonchev–Trinajstić information content (AvgIpc) is 2.89. The Labute approximate surface area is 155 Å². The van der Waals surface area contributed by atoms with Crippen molar-refractivity contribution in [1.82, 2.24) is 25.0 Å². The molecule has 0 saturated carbocycles. The van der Waals surface area contributed by atoms with E-state index in [-0.39, 0.29) is 5.75 Å². The molecule has 2 heterocycles. The van der Waals surface area contributed by atoms with Gasteiger partial charge in [-0.25, -0.2) is 13.4 Å². The molecule has 0 spiro atoms. The molecule has 0 aliphatic carbocycles. The van der Waals surface area contributed by atoms with Crippen molar-refractivity contribution in [1.29, 1.82) is 0 Å². The number of nitrogens with one attached hydrogen (secondary N) is 1. The number of methoxy groups -OCH3 is 1. The molecule has 0 aromatic carbocycles. The van der Waals surface area contributed by atoms with Crippen molar-refractivity contribution >= 4 is 15.8 Å². The van der Waals surface area contributed by atoms with Gasteiger partial charge in [0.25, 0.3) is 0 Å². The van der Waals surface area contributed by atoms with Gasteiger partial charge in [0.15, 0.2) is 21.6 Å². The fraction of sp³-hybridized carbons (Fsp3) is 0.812. The third-order valence-electron chi connectivity index (χ3n) is 4.70. The molecular weight excluding hydrogens is 356 g/mol. The first-order valence-electron chi connectivity index (χ1n) is 8.77. The van der Waals surface area contributed by atoms with Crippen LogP contribution in [0.2, 0.25) is 0 Å². The number of nitrogens with zero attached hydrogens (tertiary/aromatic N) is 5. The van der Waals surface area contributed by atoms with Crippen LogP contribution in [-0.4, -0.2) is 77.9 Å². The molecule has 2 rings (SSSR count). The summed E-state index contributed by atoms with van der Waals surface area (Å²) in [7, 11) is 0.477. The molecule has 1 aromatic rings. The van der Waals surface area contributed by atoms with Gasteiger partial charge >= 0.3 is 0 Å². The minimum Gasteiger partial charge on any atom is -0.385 e. The van der Waals surface area contributed by atoms with Crippen LogP contribution in [0.1, 0.15) is 31.9 Å². The van der Waals surface area contributed by atoms with Crippen LogP contribution in [0.25, 0.3) is 0 Å². The third kappa shape index (κ3) is 4.73. The van der Waals surface area contributed by atoms with Gasteiger partial charge in [0.2, 0.25) is 0 Å². The summed E-state index contributed by atoms with van der Waals surface area (Å²) in [4.78, 5) is 6.69. The minimum atomic E-state index is -3.10. The van der Waals surface area contributed by atoms with Gasteiger partial charge in [-0.05, 0) is 27.2 Å². The number of aromatic nitrogens is 3. The van der Waals surface area contributed by atoms with E-state index in [2.05, 4.69) is 20.5 Å². The van der Waals surface area contributed by atoms with E-state index in [1.54, 1.807) is 21.0 Å². The summed E-state index contributed by atoms with van der Waals surface area (Å²) in [6.07, 6.45) is 0.841. The van der Waals surface area contributed by atoms with Crippen LogP contribution in [0.5, 0.6) is 0 Å². The maximum atomic E-state index is 12.3. The number of guanidine groups is 1. The van der Waals surface area contributed by atoms with Crippen molar-refractivity contribution in [3.05, 3.63) is 11.6 Å². The van der Waals surface area contributed by atoms with Crippen molar-refractivity contribution in [2.45, 2.75) is 38.5 Å². The highest BCUT2D eigenvalue weighted by atomic mass is 32.2. The summed E-state index contributed by atoms with van der Waals surface area (Å²) in [5, 5.41) is 11.5. The summed E-state index contributed by atoms with van der Waals surface area (Å²) in [6.45, 7) is 8.00. The topological polar surface area (TPSA) is 102 Å². The monoisotopic (exact) mass is 386 g/mol. The lowest BCUT2D eigenvalue weighted by molar-refractivity contribution is 0.195. The Balaban J connectivity index is 2.15. The summed E-state index contributed by atoms with van der Waals surface area (Å²) < 4.78 is 30.7. The number of rotatable bonds is 6. The van der Waals surface area contributed by atoms with E-state index in [4.69, 9.17) is 4.74 Å². The number of aliphatic imine (C=N–C) groups is 1. The number of aryl methyl sites for hydroxylation is 1. The molecule has 0 unspecified atom stereocenters. The fourth-order valence-corrected chi connectivity index (χ4v) is 4.11. The van der Waals surface area contributed by atoms with Crippen molar-refractivity contribution in [2.24, 2.45) is 12.0 Å². The predicted molar refractivity (Wildman–Crippen MR) is 101 cm³/mol. The first-order chi connectivity index (χ1) is 12.2. The van der Waals surface area contributed by atoms with Gasteiger partial charge in [0.1, 0.15) is 12.4 Å². The third-order valence-corrected chi connectivity index (χ3v) is 7.24. The summed E-state index contributed by atoms with van der Waals surface area (Å²) in [5.74, 6) is 2.42. The molecule has 9 nitrogen and oxygen atoms in total. The maximum Gasteiger partial charge on any atom is 0.194 e. The Bertz CT molecular complexity index is 741. The zero-order chi connectivity index (χ0) is 19.4. The molecule has 0 radical (unpaired) electrons. The Morgan fingerprint density at radius 1 is 1.38 bits per heavy atom. The van der Waals surface area contributed by atoms with Crippen LogP contribution in [0.4, 0.5) is 0 Å². The summed E-state index contributed by atoms with van der Waals surface area (Å²) in [5.41, 5.74) is 0. The SMILES string of the molecule is COCCCNC(=NCc1nnc(C)n1C)N1CCS(=O)(=O)C(C)(C)C1. The average molecular weight is 387 g/mol. The van der Waals surface area contributed by atoms with E-state index < -0.39 is 14.6 Å². The molecule has 1 saturated heterocycles. The molecule has 0 amide bonds. The van der Waals surface area contributed by atoms with Crippen LogP contribution in [0.3, 0.4) is 0 Å². The molecule has 1 N–H and O–H groups in total. The molecule has 1 fully saturated rings. The quantitative estimate of drug-likeness (QED) is 0.421. The Morgan fingerprint density at radius 2 is 2.12 bits per heavy atom. The van der Waals surface area contributed by atoms with E-state index in [0.29, 0.717) is 38.7 Å². The number of ether oxygens (including phenoxy) is 1. The molecular formula is C16H30N6O3S.